The Labute approximate surface area is 248 Å². The van der Waals surface area contributed by atoms with Crippen molar-refractivity contribution in [2.24, 2.45) is 0 Å². The predicted octanol–water partition coefficient (Wildman–Crippen LogP) is 5.23. The molecule has 4 heterocycles. The van der Waals surface area contributed by atoms with Gasteiger partial charge in [-0.15, -0.1) is 0 Å². The fourth-order valence-electron chi connectivity index (χ4n) is 5.45. The molecule has 7 rings (SSSR count). The standard InChI is InChI=1S/C34H29N7O2/c35-32-28(7-4-16-36-32)33-39-30-15-14-29(23-5-2-1-3-6-23)38-34(30)41(33)27-12-10-26(11-13-27)40-19-25(20-40)37-18-22-8-9-24(21-42)31(43)17-22/h1-17,21,25,37,43H,18-20H2,(H2,35,36). The van der Waals surface area contributed by atoms with Crippen molar-refractivity contribution >= 4 is 29.0 Å². The number of fused-ring (bicyclic) bond motifs is 1. The quantitative estimate of drug-likeness (QED) is 0.214. The number of benzene rings is 3. The average Bonchev–Trinajstić information content (AvgIpc) is 3.40. The summed E-state index contributed by atoms with van der Waals surface area (Å²) < 4.78 is 2.05. The van der Waals surface area contributed by atoms with Gasteiger partial charge in [0, 0.05) is 48.8 Å². The summed E-state index contributed by atoms with van der Waals surface area (Å²) in [5.41, 5.74) is 13.8. The van der Waals surface area contributed by atoms with Gasteiger partial charge in [0.2, 0.25) is 0 Å². The number of carbonyl (C=O) groups excluding carboxylic acids is 1. The molecular weight excluding hydrogens is 538 g/mol. The third-order valence-electron chi connectivity index (χ3n) is 7.82. The Hall–Kier alpha value is -5.54. The number of nitrogens with two attached hydrogens (primary N) is 1. The van der Waals surface area contributed by atoms with Gasteiger partial charge in [0.1, 0.15) is 17.1 Å². The van der Waals surface area contributed by atoms with Crippen molar-refractivity contribution < 1.29 is 9.90 Å². The molecule has 3 aromatic heterocycles. The van der Waals surface area contributed by atoms with Crippen LogP contribution in [0, 0.1) is 0 Å². The lowest BCUT2D eigenvalue weighted by Gasteiger charge is -2.41. The Kier molecular flexibility index (Phi) is 6.76. The second-order valence-corrected chi connectivity index (χ2v) is 10.6. The molecule has 0 saturated carbocycles. The number of aldehydes is 1. The number of rotatable bonds is 8. The number of phenolic OH excluding ortho intramolecular Hbond substituents is 1. The van der Waals surface area contributed by atoms with Gasteiger partial charge in [-0.1, -0.05) is 36.4 Å². The van der Waals surface area contributed by atoms with Crippen molar-refractivity contribution in [1.29, 1.82) is 0 Å². The van der Waals surface area contributed by atoms with E-state index in [0.717, 1.165) is 58.0 Å². The van der Waals surface area contributed by atoms with E-state index in [1.165, 1.54) is 0 Å². The Morgan fingerprint density at radius 2 is 1.70 bits per heavy atom. The molecule has 1 aliphatic rings. The number of nitrogen functional groups attached to an aromatic ring is 1. The van der Waals surface area contributed by atoms with Crippen LogP contribution in [-0.4, -0.2) is 50.0 Å². The lowest BCUT2D eigenvalue weighted by atomic mass is 10.1. The summed E-state index contributed by atoms with van der Waals surface area (Å²) in [7, 11) is 0. The van der Waals surface area contributed by atoms with Gasteiger partial charge in [0.25, 0.3) is 0 Å². The number of hydrogen-bond acceptors (Lipinski definition) is 8. The van der Waals surface area contributed by atoms with Crippen molar-refractivity contribution in [2.45, 2.75) is 12.6 Å². The van der Waals surface area contributed by atoms with Crippen LogP contribution in [0.25, 0.3) is 39.5 Å². The van der Waals surface area contributed by atoms with E-state index in [9.17, 15) is 9.90 Å². The first kappa shape index (κ1) is 26.4. The molecule has 0 aliphatic carbocycles. The third-order valence-corrected chi connectivity index (χ3v) is 7.82. The number of nitrogens with zero attached hydrogens (tertiary/aromatic N) is 5. The van der Waals surface area contributed by atoms with E-state index in [2.05, 4.69) is 39.5 Å². The summed E-state index contributed by atoms with van der Waals surface area (Å²) in [6.45, 7) is 2.35. The molecule has 4 N–H and O–H groups in total. The van der Waals surface area contributed by atoms with Crippen LogP contribution in [0.4, 0.5) is 11.5 Å². The summed E-state index contributed by atoms with van der Waals surface area (Å²) in [6.07, 6.45) is 2.33. The zero-order valence-corrected chi connectivity index (χ0v) is 23.3. The molecule has 9 heteroatoms. The molecule has 3 aromatic carbocycles. The van der Waals surface area contributed by atoms with Gasteiger partial charge in [0.15, 0.2) is 17.8 Å². The van der Waals surface area contributed by atoms with E-state index in [1.807, 2.05) is 65.2 Å². The number of imidazole rings is 1. The Morgan fingerprint density at radius 3 is 2.44 bits per heavy atom. The minimum atomic E-state index is 0.0103. The van der Waals surface area contributed by atoms with Gasteiger partial charge in [-0.2, -0.15) is 0 Å². The lowest BCUT2D eigenvalue weighted by Crippen LogP contribution is -2.57. The lowest BCUT2D eigenvalue weighted by molar-refractivity contribution is 0.112. The predicted molar refractivity (Wildman–Crippen MR) is 168 cm³/mol. The topological polar surface area (TPSA) is 122 Å². The van der Waals surface area contributed by atoms with Crippen LogP contribution in [-0.2, 0) is 6.54 Å². The summed E-state index contributed by atoms with van der Waals surface area (Å²) in [6, 6.07) is 31.7. The summed E-state index contributed by atoms with van der Waals surface area (Å²) in [5.74, 6) is 1.11. The first-order valence-electron chi connectivity index (χ1n) is 14.1. The summed E-state index contributed by atoms with van der Waals surface area (Å²) in [4.78, 5) is 27.5. The molecule has 0 atom stereocenters. The monoisotopic (exact) mass is 567 g/mol. The molecule has 0 radical (unpaired) electrons. The van der Waals surface area contributed by atoms with Crippen molar-refractivity contribution in [3.8, 4) is 34.1 Å². The average molecular weight is 568 g/mol. The summed E-state index contributed by atoms with van der Waals surface area (Å²) in [5, 5.41) is 13.5. The minimum Gasteiger partial charge on any atom is -0.507 e. The molecule has 0 bridgehead atoms. The largest absolute Gasteiger partial charge is 0.507 e. The highest BCUT2D eigenvalue weighted by molar-refractivity contribution is 5.84. The molecule has 1 saturated heterocycles. The fraction of sp³-hybridized carbons (Fsp3) is 0.118. The van der Waals surface area contributed by atoms with Crippen LogP contribution in [0.2, 0.25) is 0 Å². The van der Waals surface area contributed by atoms with Crippen molar-refractivity contribution in [1.82, 2.24) is 24.8 Å². The van der Waals surface area contributed by atoms with Crippen LogP contribution >= 0.6 is 0 Å². The third kappa shape index (κ3) is 5.06. The highest BCUT2D eigenvalue weighted by atomic mass is 16.3. The highest BCUT2D eigenvalue weighted by Gasteiger charge is 2.27. The molecule has 0 amide bonds. The summed E-state index contributed by atoms with van der Waals surface area (Å²) >= 11 is 0. The first-order valence-corrected chi connectivity index (χ1v) is 14.1. The maximum absolute atomic E-state index is 10.9. The normalized spacial score (nSPS) is 13.3. The van der Waals surface area contributed by atoms with Crippen molar-refractivity contribution in [3.05, 3.63) is 114 Å². The molecule has 6 aromatic rings. The molecular formula is C34H29N7O2. The van der Waals surface area contributed by atoms with Crippen molar-refractivity contribution in [3.63, 3.8) is 0 Å². The van der Waals surface area contributed by atoms with Gasteiger partial charge >= 0.3 is 0 Å². The van der Waals surface area contributed by atoms with E-state index >= 15 is 0 Å². The number of hydrogen-bond donors (Lipinski definition) is 3. The minimum absolute atomic E-state index is 0.0103. The SMILES string of the molecule is Nc1ncccc1-c1nc2ccc(-c3ccccc3)nc2n1-c1ccc(N2CC(NCc3ccc(C=O)c(O)c3)C2)cc1. The molecule has 212 valence electrons. The van der Waals surface area contributed by atoms with Gasteiger partial charge in [-0.3, -0.25) is 9.36 Å². The molecule has 1 fully saturated rings. The zero-order chi connectivity index (χ0) is 29.3. The number of nitrogens with one attached hydrogen (secondary N) is 1. The Morgan fingerprint density at radius 1 is 0.907 bits per heavy atom. The van der Waals surface area contributed by atoms with E-state index in [0.29, 0.717) is 36.1 Å². The van der Waals surface area contributed by atoms with E-state index in [-0.39, 0.29) is 5.75 Å². The fourth-order valence-corrected chi connectivity index (χ4v) is 5.45. The second kappa shape index (κ2) is 11.0. The van der Waals surface area contributed by atoms with Gasteiger partial charge in [-0.25, -0.2) is 15.0 Å². The van der Waals surface area contributed by atoms with Crippen LogP contribution in [0.5, 0.6) is 5.75 Å². The molecule has 0 spiro atoms. The maximum atomic E-state index is 10.9. The van der Waals surface area contributed by atoms with Crippen LogP contribution in [0.3, 0.4) is 0 Å². The van der Waals surface area contributed by atoms with Gasteiger partial charge in [0.05, 0.1) is 16.8 Å². The number of pyridine rings is 2. The number of aromatic hydroxyl groups is 1. The van der Waals surface area contributed by atoms with E-state index in [4.69, 9.17) is 15.7 Å². The molecule has 1 aliphatic heterocycles. The second-order valence-electron chi connectivity index (χ2n) is 10.6. The van der Waals surface area contributed by atoms with Crippen LogP contribution in [0.1, 0.15) is 15.9 Å². The zero-order valence-electron chi connectivity index (χ0n) is 23.3. The Balaban J connectivity index is 1.14. The highest BCUT2D eigenvalue weighted by Crippen LogP contribution is 2.33. The maximum Gasteiger partial charge on any atom is 0.165 e. The first-order chi connectivity index (χ1) is 21.1. The molecule has 0 unspecified atom stereocenters. The van der Waals surface area contributed by atoms with E-state index in [1.54, 1.807) is 18.3 Å². The number of carbonyl (C=O) groups is 1. The number of aromatic nitrogens is 4. The Bertz CT molecular complexity index is 1930. The number of phenols is 1. The smallest absolute Gasteiger partial charge is 0.165 e. The van der Waals surface area contributed by atoms with Crippen LogP contribution in [0.15, 0.2) is 103 Å². The van der Waals surface area contributed by atoms with E-state index < -0.39 is 0 Å². The van der Waals surface area contributed by atoms with Gasteiger partial charge < -0.3 is 21.1 Å². The molecule has 9 nitrogen and oxygen atoms in total. The van der Waals surface area contributed by atoms with Crippen molar-refractivity contribution in [2.75, 3.05) is 23.7 Å². The number of anilines is 2. The van der Waals surface area contributed by atoms with Gasteiger partial charge in [-0.05, 0) is 66.2 Å². The molecule has 43 heavy (non-hydrogen) atoms. The van der Waals surface area contributed by atoms with Crippen LogP contribution < -0.4 is 16.0 Å².